The minimum Gasteiger partial charge on any atom is -0.465 e. The molecule has 0 bridgehead atoms. The molecule has 0 aliphatic rings. The summed E-state index contributed by atoms with van der Waals surface area (Å²) >= 11 is 0. The average Bonchev–Trinajstić information content (AvgIpc) is 2.54. The monoisotopic (exact) mass is 339 g/mol. The van der Waals surface area contributed by atoms with E-state index in [2.05, 4.69) is 20.0 Å². The van der Waals surface area contributed by atoms with Crippen LogP contribution in [0.25, 0.3) is 0 Å². The van der Waals surface area contributed by atoms with Crippen LogP contribution in [0.2, 0.25) is 0 Å². The molecule has 0 aromatic carbocycles. The van der Waals surface area contributed by atoms with E-state index in [9.17, 15) is 18.0 Å². The van der Waals surface area contributed by atoms with E-state index >= 15 is 0 Å². The third kappa shape index (κ3) is 4.01. The molecule has 0 saturated heterocycles. The maximum atomic E-state index is 12.8. The van der Waals surface area contributed by atoms with Crippen LogP contribution >= 0.6 is 0 Å². The lowest BCUT2D eigenvalue weighted by molar-refractivity contribution is -0.141. The number of nitrogens with one attached hydrogen (secondary N) is 1. The van der Waals surface area contributed by atoms with Gasteiger partial charge in [0.25, 0.3) is 0 Å². The standard InChI is InChI=1S/C16H16F3N3O2/c1-9-4-5-11(21-10(9)2)8-20-14-12(15(23)24-3)6-7-13(22-14)16(17,18)19/h4-7H,8H2,1-3H3,(H,20,22). The minimum atomic E-state index is -4.61. The van der Waals surface area contributed by atoms with E-state index < -0.39 is 17.8 Å². The van der Waals surface area contributed by atoms with Crippen LogP contribution < -0.4 is 5.32 Å². The first kappa shape index (κ1) is 17.7. The molecule has 0 saturated carbocycles. The van der Waals surface area contributed by atoms with Crippen LogP contribution in [-0.4, -0.2) is 23.0 Å². The van der Waals surface area contributed by atoms with Crippen molar-refractivity contribution in [1.82, 2.24) is 9.97 Å². The molecule has 24 heavy (non-hydrogen) atoms. The van der Waals surface area contributed by atoms with Gasteiger partial charge in [-0.05, 0) is 37.6 Å². The second-order valence-electron chi connectivity index (χ2n) is 5.14. The fourth-order valence-electron chi connectivity index (χ4n) is 1.98. The van der Waals surface area contributed by atoms with Gasteiger partial charge in [-0.25, -0.2) is 9.78 Å². The highest BCUT2D eigenvalue weighted by atomic mass is 19.4. The van der Waals surface area contributed by atoms with Crippen molar-refractivity contribution in [3.8, 4) is 0 Å². The molecule has 0 aliphatic carbocycles. The van der Waals surface area contributed by atoms with Crippen LogP contribution in [0.3, 0.4) is 0 Å². The summed E-state index contributed by atoms with van der Waals surface area (Å²) in [5, 5.41) is 2.73. The Balaban J connectivity index is 2.31. The zero-order valence-electron chi connectivity index (χ0n) is 13.4. The predicted octanol–water partition coefficient (Wildman–Crippen LogP) is 3.51. The van der Waals surface area contributed by atoms with Crippen molar-refractivity contribution in [3.63, 3.8) is 0 Å². The van der Waals surface area contributed by atoms with Crippen molar-refractivity contribution in [1.29, 1.82) is 0 Å². The quantitative estimate of drug-likeness (QED) is 0.864. The first-order valence-corrected chi connectivity index (χ1v) is 7.06. The van der Waals surface area contributed by atoms with Crippen molar-refractivity contribution in [2.24, 2.45) is 0 Å². The Hall–Kier alpha value is -2.64. The molecule has 2 rings (SSSR count). The molecule has 1 N–H and O–H groups in total. The smallest absolute Gasteiger partial charge is 0.433 e. The van der Waals surface area contributed by atoms with Crippen LogP contribution in [0.5, 0.6) is 0 Å². The molecule has 0 spiro atoms. The summed E-state index contributed by atoms with van der Waals surface area (Å²) in [5.74, 6) is -0.969. The maximum absolute atomic E-state index is 12.8. The van der Waals surface area contributed by atoms with Gasteiger partial charge in [-0.3, -0.25) is 4.98 Å². The second kappa shape index (κ2) is 6.86. The van der Waals surface area contributed by atoms with Crippen molar-refractivity contribution < 1.29 is 22.7 Å². The third-order valence-corrected chi connectivity index (χ3v) is 3.44. The highest BCUT2D eigenvalue weighted by Gasteiger charge is 2.33. The summed E-state index contributed by atoms with van der Waals surface area (Å²) in [4.78, 5) is 19.5. The molecule has 5 nitrogen and oxygen atoms in total. The van der Waals surface area contributed by atoms with Gasteiger partial charge in [-0.15, -0.1) is 0 Å². The van der Waals surface area contributed by atoms with Crippen molar-refractivity contribution >= 4 is 11.8 Å². The predicted molar refractivity (Wildman–Crippen MR) is 81.6 cm³/mol. The first-order chi connectivity index (χ1) is 11.2. The number of ether oxygens (including phenoxy) is 1. The fourth-order valence-corrected chi connectivity index (χ4v) is 1.98. The van der Waals surface area contributed by atoms with Gasteiger partial charge < -0.3 is 10.1 Å². The Morgan fingerprint density at radius 3 is 2.46 bits per heavy atom. The summed E-state index contributed by atoms with van der Waals surface area (Å²) < 4.78 is 43.0. The Kier molecular flexibility index (Phi) is 5.06. The molecule has 8 heteroatoms. The molecule has 2 aromatic rings. The van der Waals surface area contributed by atoms with Gasteiger partial charge in [-0.2, -0.15) is 13.2 Å². The molecule has 0 radical (unpaired) electrons. The lowest BCUT2D eigenvalue weighted by Gasteiger charge is -2.13. The van der Waals surface area contributed by atoms with E-state index in [-0.39, 0.29) is 17.9 Å². The van der Waals surface area contributed by atoms with Gasteiger partial charge in [0.15, 0.2) is 0 Å². The van der Waals surface area contributed by atoms with Gasteiger partial charge in [0, 0.05) is 5.69 Å². The molecular weight excluding hydrogens is 323 g/mol. The fraction of sp³-hybridized carbons (Fsp3) is 0.312. The number of methoxy groups -OCH3 is 1. The van der Waals surface area contributed by atoms with Crippen LogP contribution in [-0.2, 0) is 17.5 Å². The highest BCUT2D eigenvalue weighted by Crippen LogP contribution is 2.29. The number of hydrogen-bond acceptors (Lipinski definition) is 5. The van der Waals surface area contributed by atoms with Gasteiger partial charge in [0.05, 0.1) is 19.3 Å². The Morgan fingerprint density at radius 2 is 1.88 bits per heavy atom. The summed E-state index contributed by atoms with van der Waals surface area (Å²) in [6, 6.07) is 5.39. The molecule has 0 atom stereocenters. The number of rotatable bonds is 4. The number of aromatic nitrogens is 2. The molecule has 2 aromatic heterocycles. The van der Waals surface area contributed by atoms with Crippen molar-refractivity contribution in [3.05, 3.63) is 52.5 Å². The largest absolute Gasteiger partial charge is 0.465 e. The van der Waals surface area contributed by atoms with E-state index in [0.29, 0.717) is 5.69 Å². The SMILES string of the molecule is COC(=O)c1ccc(C(F)(F)F)nc1NCc1ccc(C)c(C)n1. The summed E-state index contributed by atoms with van der Waals surface area (Å²) in [5.41, 5.74) is 1.28. The zero-order valence-corrected chi connectivity index (χ0v) is 13.4. The van der Waals surface area contributed by atoms with E-state index in [1.807, 2.05) is 19.9 Å². The van der Waals surface area contributed by atoms with Gasteiger partial charge >= 0.3 is 12.1 Å². The summed E-state index contributed by atoms with van der Waals surface area (Å²) in [6.45, 7) is 3.87. The number of carbonyl (C=O) groups excluding carboxylic acids is 1. The van der Waals surface area contributed by atoms with E-state index in [4.69, 9.17) is 0 Å². The number of alkyl halides is 3. The molecule has 2 heterocycles. The van der Waals surface area contributed by atoms with E-state index in [0.717, 1.165) is 30.5 Å². The second-order valence-corrected chi connectivity index (χ2v) is 5.14. The number of pyridine rings is 2. The van der Waals surface area contributed by atoms with Crippen LogP contribution in [0.1, 0.15) is 33.0 Å². The molecule has 0 fully saturated rings. The number of carbonyl (C=O) groups is 1. The summed E-state index contributed by atoms with van der Waals surface area (Å²) in [7, 11) is 1.15. The maximum Gasteiger partial charge on any atom is 0.433 e. The zero-order chi connectivity index (χ0) is 17.9. The molecule has 0 aliphatic heterocycles. The lowest BCUT2D eigenvalue weighted by Crippen LogP contribution is -2.15. The van der Waals surface area contributed by atoms with Crippen LogP contribution in [0, 0.1) is 13.8 Å². The molecular formula is C16H16F3N3O2. The number of anilines is 1. The molecule has 128 valence electrons. The Morgan fingerprint density at radius 1 is 1.17 bits per heavy atom. The normalized spacial score (nSPS) is 11.2. The van der Waals surface area contributed by atoms with Gasteiger partial charge in [-0.1, -0.05) is 6.07 Å². The number of nitrogens with zero attached hydrogens (tertiary/aromatic N) is 2. The first-order valence-electron chi connectivity index (χ1n) is 7.06. The summed E-state index contributed by atoms with van der Waals surface area (Å²) in [6.07, 6.45) is -4.61. The van der Waals surface area contributed by atoms with Crippen LogP contribution in [0.15, 0.2) is 24.3 Å². The average molecular weight is 339 g/mol. The minimum absolute atomic E-state index is 0.0747. The van der Waals surface area contributed by atoms with Crippen LogP contribution in [0.4, 0.5) is 19.0 Å². The molecule has 0 unspecified atom stereocenters. The highest BCUT2D eigenvalue weighted by molar-refractivity contribution is 5.94. The van der Waals surface area contributed by atoms with Crippen molar-refractivity contribution in [2.45, 2.75) is 26.6 Å². The van der Waals surface area contributed by atoms with Gasteiger partial charge in [0.1, 0.15) is 17.1 Å². The third-order valence-electron chi connectivity index (χ3n) is 3.44. The molecule has 0 amide bonds. The Bertz CT molecular complexity index is 761. The van der Waals surface area contributed by atoms with E-state index in [1.54, 1.807) is 6.07 Å². The van der Waals surface area contributed by atoms with Gasteiger partial charge in [0.2, 0.25) is 0 Å². The number of halogens is 3. The van der Waals surface area contributed by atoms with Crippen molar-refractivity contribution in [2.75, 3.05) is 12.4 Å². The number of esters is 1. The lowest BCUT2D eigenvalue weighted by atomic mass is 10.2. The topological polar surface area (TPSA) is 64.1 Å². The Labute approximate surface area is 136 Å². The van der Waals surface area contributed by atoms with E-state index in [1.165, 1.54) is 0 Å². The number of hydrogen-bond donors (Lipinski definition) is 1. The number of aryl methyl sites for hydroxylation is 2.